The maximum Gasteiger partial charge on any atom is 0.316 e. The third-order valence-corrected chi connectivity index (χ3v) is 11.6. The molecule has 0 amide bonds. The zero-order chi connectivity index (χ0) is 57.3. The predicted octanol–water partition coefficient (Wildman–Crippen LogP) is 14.8. The molecule has 0 aliphatic heterocycles. The first kappa shape index (κ1) is 63.5. The SMILES string of the molecule is CCCc1cc(/C=C/C(=O)c2ccc(OC(=O)C(C)(C)C)cc2)c(OCC)c(CCC)c1OC(=O)C(C)(C)C.CCOc1c(/C=C/C(=O)c2ccc(OC(=O)C(C)(C)C)cc2)cc(CC)c(OC(=O)C(C)(C)C)c1CC. The fourth-order valence-corrected chi connectivity index (χ4v) is 7.14. The number of allylic oxidation sites excluding steroid dienone is 2. The van der Waals surface area contributed by atoms with Crippen LogP contribution in [0.4, 0.5) is 0 Å². The number of benzene rings is 4. The number of carbonyl (C=O) groups excluding carboxylic acids is 6. The number of hydrogen-bond acceptors (Lipinski definition) is 12. The molecule has 0 bridgehead atoms. The molecule has 0 fully saturated rings. The summed E-state index contributed by atoms with van der Waals surface area (Å²) in [6.45, 7) is 34.4. The molecular formula is C64H84O12. The van der Waals surface area contributed by atoms with Crippen LogP contribution in [0.15, 0.2) is 72.8 Å². The van der Waals surface area contributed by atoms with E-state index in [1.807, 2.05) is 81.4 Å². The fraction of sp³-hybridized carbons (Fsp3) is 0.469. The number of aryl methyl sites for hydroxylation is 2. The molecule has 76 heavy (non-hydrogen) atoms. The van der Waals surface area contributed by atoms with Crippen LogP contribution in [0.3, 0.4) is 0 Å². The van der Waals surface area contributed by atoms with Crippen molar-refractivity contribution in [1.82, 2.24) is 0 Å². The van der Waals surface area contributed by atoms with Gasteiger partial charge in [-0.05, 0) is 219 Å². The third-order valence-electron chi connectivity index (χ3n) is 11.6. The van der Waals surface area contributed by atoms with Crippen molar-refractivity contribution in [2.45, 2.75) is 163 Å². The quantitative estimate of drug-likeness (QED) is 0.0358. The van der Waals surface area contributed by atoms with E-state index < -0.39 is 21.7 Å². The Balaban J connectivity index is 0.000000401. The van der Waals surface area contributed by atoms with Crippen LogP contribution in [0.2, 0.25) is 0 Å². The van der Waals surface area contributed by atoms with Crippen LogP contribution in [-0.4, -0.2) is 48.7 Å². The van der Waals surface area contributed by atoms with Crippen molar-refractivity contribution < 1.29 is 57.2 Å². The number of ketones is 2. The molecule has 412 valence electrons. The van der Waals surface area contributed by atoms with Crippen molar-refractivity contribution >= 4 is 47.6 Å². The zero-order valence-corrected chi connectivity index (χ0v) is 48.6. The molecule has 0 aliphatic rings. The lowest BCUT2D eigenvalue weighted by Crippen LogP contribution is -2.26. The lowest BCUT2D eigenvalue weighted by Gasteiger charge is -2.23. The van der Waals surface area contributed by atoms with Gasteiger partial charge < -0.3 is 28.4 Å². The van der Waals surface area contributed by atoms with Gasteiger partial charge in [-0.15, -0.1) is 0 Å². The predicted molar refractivity (Wildman–Crippen MR) is 302 cm³/mol. The van der Waals surface area contributed by atoms with E-state index in [2.05, 4.69) is 13.8 Å². The Morgan fingerprint density at radius 1 is 0.408 bits per heavy atom. The molecule has 0 unspecified atom stereocenters. The van der Waals surface area contributed by atoms with Gasteiger partial charge in [-0.3, -0.25) is 28.8 Å². The Hall–Kier alpha value is -6.82. The summed E-state index contributed by atoms with van der Waals surface area (Å²) in [5, 5.41) is 0. The minimum absolute atomic E-state index is 0.191. The van der Waals surface area contributed by atoms with E-state index in [4.69, 9.17) is 28.4 Å². The van der Waals surface area contributed by atoms with Gasteiger partial charge in [0, 0.05) is 33.4 Å². The van der Waals surface area contributed by atoms with E-state index in [1.165, 1.54) is 12.2 Å². The maximum atomic E-state index is 13.0. The van der Waals surface area contributed by atoms with Gasteiger partial charge in [0.2, 0.25) is 0 Å². The molecule has 12 nitrogen and oxygen atoms in total. The van der Waals surface area contributed by atoms with E-state index in [-0.39, 0.29) is 35.4 Å². The first-order valence-corrected chi connectivity index (χ1v) is 26.6. The maximum absolute atomic E-state index is 13.0. The lowest BCUT2D eigenvalue weighted by molar-refractivity contribution is -0.143. The second-order valence-electron chi connectivity index (χ2n) is 22.6. The normalized spacial score (nSPS) is 11.9. The number of hydrogen-bond donors (Lipinski definition) is 0. The van der Waals surface area contributed by atoms with Crippen LogP contribution in [-0.2, 0) is 44.9 Å². The molecule has 0 N–H and O–H groups in total. The van der Waals surface area contributed by atoms with Crippen molar-refractivity contribution in [2.75, 3.05) is 13.2 Å². The highest BCUT2D eigenvalue weighted by molar-refractivity contribution is 6.08. The van der Waals surface area contributed by atoms with Crippen LogP contribution in [0.25, 0.3) is 12.2 Å². The van der Waals surface area contributed by atoms with Gasteiger partial charge >= 0.3 is 23.9 Å². The van der Waals surface area contributed by atoms with Crippen molar-refractivity contribution in [3.05, 3.63) is 117 Å². The minimum atomic E-state index is -0.648. The Kier molecular flexibility index (Phi) is 23.2. The van der Waals surface area contributed by atoms with Crippen molar-refractivity contribution in [2.24, 2.45) is 21.7 Å². The minimum Gasteiger partial charge on any atom is -0.493 e. The van der Waals surface area contributed by atoms with Crippen molar-refractivity contribution in [3.8, 4) is 34.5 Å². The molecule has 4 rings (SSSR count). The van der Waals surface area contributed by atoms with Gasteiger partial charge in [-0.2, -0.15) is 0 Å². The Bertz CT molecular complexity index is 2730. The van der Waals surface area contributed by atoms with Crippen LogP contribution >= 0.6 is 0 Å². The van der Waals surface area contributed by atoms with E-state index in [0.717, 1.165) is 52.6 Å². The fourth-order valence-electron chi connectivity index (χ4n) is 7.14. The smallest absolute Gasteiger partial charge is 0.316 e. The van der Waals surface area contributed by atoms with Crippen molar-refractivity contribution in [3.63, 3.8) is 0 Å². The van der Waals surface area contributed by atoms with Crippen LogP contribution in [0.1, 0.15) is 192 Å². The molecule has 0 aliphatic carbocycles. The monoisotopic (exact) mass is 1040 g/mol. The van der Waals surface area contributed by atoms with E-state index in [9.17, 15) is 28.8 Å². The van der Waals surface area contributed by atoms with Gasteiger partial charge in [0.15, 0.2) is 11.6 Å². The van der Waals surface area contributed by atoms with Crippen molar-refractivity contribution in [1.29, 1.82) is 0 Å². The summed E-state index contributed by atoms with van der Waals surface area (Å²) < 4.78 is 34.7. The highest BCUT2D eigenvalue weighted by atomic mass is 16.6. The molecule has 12 heteroatoms. The molecule has 0 spiro atoms. The van der Waals surface area contributed by atoms with Gasteiger partial charge in [0.1, 0.15) is 34.5 Å². The zero-order valence-electron chi connectivity index (χ0n) is 48.6. The van der Waals surface area contributed by atoms with E-state index in [0.29, 0.717) is 78.1 Å². The third kappa shape index (κ3) is 18.2. The Morgan fingerprint density at radius 2 is 0.750 bits per heavy atom. The van der Waals surface area contributed by atoms with Crippen LogP contribution in [0, 0.1) is 21.7 Å². The average Bonchev–Trinajstić information content (AvgIpc) is 3.34. The summed E-state index contributed by atoms with van der Waals surface area (Å²) in [5.41, 5.74) is 3.35. The molecule has 0 aromatic heterocycles. The van der Waals surface area contributed by atoms with Crippen LogP contribution in [0.5, 0.6) is 34.5 Å². The first-order valence-electron chi connectivity index (χ1n) is 26.6. The summed E-state index contributed by atoms with van der Waals surface area (Å²) in [5.74, 6) is 1.45. The highest BCUT2D eigenvalue weighted by Crippen LogP contribution is 2.41. The van der Waals surface area contributed by atoms with Gasteiger partial charge in [-0.25, -0.2) is 0 Å². The number of ether oxygens (including phenoxy) is 6. The molecule has 0 saturated heterocycles. The van der Waals surface area contributed by atoms with E-state index in [1.54, 1.807) is 102 Å². The number of rotatable bonds is 20. The standard InChI is InChI=1S/C33H44O6.C31H40O6/c1-10-13-23-21-24(28(37-12-3)26(14-11-2)29(23)39-31(36)33(7,8)9)17-20-27(34)22-15-18-25(19-16-22)38-30(35)32(4,5)6;1-10-20-19-22(26(35-12-3)24(11-2)27(20)37-29(34)31(7,8)9)15-18-25(32)21-13-16-23(17-14-21)36-28(33)30(4,5)6/h15-21H,10-14H2,1-9H3;13-19H,10-12H2,1-9H3/b20-17+;18-15+. The first-order chi connectivity index (χ1) is 35.4. The highest BCUT2D eigenvalue weighted by Gasteiger charge is 2.30. The summed E-state index contributed by atoms with van der Waals surface area (Å²) in [6.07, 6.45) is 10.8. The molecule has 0 radical (unpaired) electrons. The largest absolute Gasteiger partial charge is 0.493 e. The molecule has 0 saturated carbocycles. The molecule has 4 aromatic carbocycles. The second kappa shape index (κ2) is 27.8. The Morgan fingerprint density at radius 3 is 1.08 bits per heavy atom. The molecular weight excluding hydrogens is 961 g/mol. The Labute approximate surface area is 452 Å². The molecule has 0 atom stereocenters. The van der Waals surface area contributed by atoms with Gasteiger partial charge in [0.05, 0.1) is 34.9 Å². The van der Waals surface area contributed by atoms with Gasteiger partial charge in [-0.1, -0.05) is 40.5 Å². The summed E-state index contributed by atoms with van der Waals surface area (Å²) >= 11 is 0. The second-order valence-corrected chi connectivity index (χ2v) is 22.6. The molecule has 4 aromatic rings. The number of esters is 4. The number of carbonyl (C=O) groups is 6. The van der Waals surface area contributed by atoms with Crippen LogP contribution < -0.4 is 28.4 Å². The molecule has 0 heterocycles. The van der Waals surface area contributed by atoms with Gasteiger partial charge in [0.25, 0.3) is 0 Å². The van der Waals surface area contributed by atoms with E-state index >= 15 is 0 Å². The topological polar surface area (TPSA) is 158 Å². The summed E-state index contributed by atoms with van der Waals surface area (Å²) in [4.78, 5) is 75.7. The lowest BCUT2D eigenvalue weighted by atomic mass is 9.94. The summed E-state index contributed by atoms with van der Waals surface area (Å²) in [7, 11) is 0. The summed E-state index contributed by atoms with van der Waals surface area (Å²) in [6, 6.07) is 16.9. The average molecular weight is 1050 g/mol.